The molecular weight excluding hydrogens is 154 g/mol. The molecule has 0 aromatic heterocycles. The van der Waals surface area contributed by atoms with Gasteiger partial charge in [-0.1, -0.05) is 13.8 Å². The third-order valence-electron chi connectivity index (χ3n) is 2.75. The molecule has 1 saturated heterocycles. The molecule has 0 aromatic carbocycles. The van der Waals surface area contributed by atoms with Crippen molar-refractivity contribution in [2.45, 2.75) is 32.7 Å². The lowest BCUT2D eigenvalue weighted by molar-refractivity contribution is -0.149. The van der Waals surface area contributed by atoms with Crippen molar-refractivity contribution in [2.24, 2.45) is 5.41 Å². The first-order valence-corrected chi connectivity index (χ1v) is 4.38. The fraction of sp³-hybridized carbons (Fsp3) is 0.889. The number of carbonyl (C=O) groups is 1. The lowest BCUT2D eigenvalue weighted by Gasteiger charge is -2.42. The number of carboxylic acid groups (broad SMARTS) is 1. The van der Waals surface area contributed by atoms with Gasteiger partial charge in [-0.25, -0.2) is 0 Å². The molecule has 1 heterocycles. The Morgan fingerprint density at radius 2 is 2.17 bits per heavy atom. The molecule has 1 unspecified atom stereocenters. The summed E-state index contributed by atoms with van der Waals surface area (Å²) in [5.41, 5.74) is -0.0845. The Kier molecular flexibility index (Phi) is 2.42. The van der Waals surface area contributed by atoms with Gasteiger partial charge in [0.25, 0.3) is 0 Å². The minimum Gasteiger partial charge on any atom is -0.480 e. The van der Waals surface area contributed by atoms with E-state index in [1.165, 1.54) is 0 Å². The zero-order valence-corrected chi connectivity index (χ0v) is 8.00. The van der Waals surface area contributed by atoms with E-state index in [0.717, 1.165) is 19.4 Å². The summed E-state index contributed by atoms with van der Waals surface area (Å²) in [5.74, 6) is -0.692. The highest BCUT2D eigenvalue weighted by Crippen LogP contribution is 2.34. The summed E-state index contributed by atoms with van der Waals surface area (Å²) in [6.45, 7) is 4.96. The molecule has 1 rings (SSSR count). The second-order valence-corrected chi connectivity index (χ2v) is 4.31. The van der Waals surface area contributed by atoms with Gasteiger partial charge in [-0.15, -0.1) is 0 Å². The lowest BCUT2D eigenvalue weighted by Crippen LogP contribution is -2.52. The van der Waals surface area contributed by atoms with Crippen molar-refractivity contribution in [3.05, 3.63) is 0 Å². The van der Waals surface area contributed by atoms with Crippen molar-refractivity contribution in [2.75, 3.05) is 13.6 Å². The number of nitrogens with zero attached hydrogens (tertiary/aromatic N) is 1. The van der Waals surface area contributed by atoms with Gasteiger partial charge in [0.05, 0.1) is 0 Å². The van der Waals surface area contributed by atoms with Gasteiger partial charge in [0.2, 0.25) is 0 Å². The predicted octanol–water partition coefficient (Wildman–Crippen LogP) is 1.19. The summed E-state index contributed by atoms with van der Waals surface area (Å²) >= 11 is 0. The maximum Gasteiger partial charge on any atom is 0.321 e. The van der Waals surface area contributed by atoms with Gasteiger partial charge in [-0.3, -0.25) is 9.69 Å². The van der Waals surface area contributed by atoms with Crippen LogP contribution in [0.25, 0.3) is 0 Å². The second-order valence-electron chi connectivity index (χ2n) is 4.31. The molecule has 0 amide bonds. The number of likely N-dealkylation sites (N-methyl/N-ethyl adjacent to an activating group) is 1. The second kappa shape index (κ2) is 3.05. The van der Waals surface area contributed by atoms with E-state index < -0.39 is 5.97 Å². The van der Waals surface area contributed by atoms with Crippen LogP contribution in [-0.2, 0) is 4.79 Å². The number of carboxylic acids is 1. The smallest absolute Gasteiger partial charge is 0.321 e. The van der Waals surface area contributed by atoms with Crippen molar-refractivity contribution in [1.82, 2.24) is 4.90 Å². The molecule has 0 aromatic rings. The van der Waals surface area contributed by atoms with Crippen LogP contribution in [0.5, 0.6) is 0 Å². The van der Waals surface area contributed by atoms with E-state index in [2.05, 4.69) is 0 Å². The monoisotopic (exact) mass is 171 g/mol. The Bertz CT molecular complexity index is 189. The summed E-state index contributed by atoms with van der Waals surface area (Å²) in [7, 11) is 1.89. The molecule has 1 fully saturated rings. The zero-order chi connectivity index (χ0) is 9.35. The van der Waals surface area contributed by atoms with Crippen molar-refractivity contribution in [3.63, 3.8) is 0 Å². The van der Waals surface area contributed by atoms with E-state index in [9.17, 15) is 4.79 Å². The molecule has 0 spiro atoms. The van der Waals surface area contributed by atoms with Crippen molar-refractivity contribution >= 4 is 5.97 Å². The largest absolute Gasteiger partial charge is 0.480 e. The molecule has 0 radical (unpaired) electrons. The minimum absolute atomic E-state index is 0.0845. The van der Waals surface area contributed by atoms with Crippen molar-refractivity contribution in [3.8, 4) is 0 Å². The molecule has 0 aliphatic carbocycles. The first-order chi connectivity index (χ1) is 5.45. The Morgan fingerprint density at radius 1 is 1.58 bits per heavy atom. The van der Waals surface area contributed by atoms with Crippen LogP contribution in [0.4, 0.5) is 0 Å². The summed E-state index contributed by atoms with van der Waals surface area (Å²) in [4.78, 5) is 12.9. The third kappa shape index (κ3) is 1.61. The highest BCUT2D eigenvalue weighted by molar-refractivity contribution is 5.74. The molecule has 70 valence electrons. The summed E-state index contributed by atoms with van der Waals surface area (Å²) in [6.07, 6.45) is 2.11. The molecule has 1 aliphatic rings. The number of hydrogen-bond donors (Lipinski definition) is 1. The summed E-state index contributed by atoms with van der Waals surface area (Å²) in [6, 6.07) is -0.314. The van der Waals surface area contributed by atoms with Crippen molar-refractivity contribution in [1.29, 1.82) is 0 Å². The number of rotatable bonds is 1. The standard InChI is InChI=1S/C9H17NO2/c1-9(2)5-4-6-10(3)7(9)8(11)12/h7H,4-6H2,1-3H3,(H,11,12). The van der Waals surface area contributed by atoms with Crippen LogP contribution in [0, 0.1) is 5.41 Å². The normalized spacial score (nSPS) is 30.1. The van der Waals surface area contributed by atoms with Gasteiger partial charge in [0.15, 0.2) is 0 Å². The van der Waals surface area contributed by atoms with E-state index in [0.29, 0.717) is 0 Å². The number of likely N-dealkylation sites (tertiary alicyclic amines) is 1. The molecule has 3 nitrogen and oxygen atoms in total. The summed E-state index contributed by atoms with van der Waals surface area (Å²) in [5, 5.41) is 9.00. The molecule has 1 aliphatic heterocycles. The third-order valence-corrected chi connectivity index (χ3v) is 2.75. The van der Waals surface area contributed by atoms with Gasteiger partial charge in [-0.05, 0) is 31.8 Å². The first kappa shape index (κ1) is 9.52. The van der Waals surface area contributed by atoms with E-state index in [4.69, 9.17) is 5.11 Å². The Morgan fingerprint density at radius 3 is 2.50 bits per heavy atom. The maximum atomic E-state index is 10.9. The average Bonchev–Trinajstić information content (AvgIpc) is 1.82. The zero-order valence-electron chi connectivity index (χ0n) is 8.00. The lowest BCUT2D eigenvalue weighted by atomic mass is 9.76. The van der Waals surface area contributed by atoms with Crippen LogP contribution < -0.4 is 0 Å². The van der Waals surface area contributed by atoms with Gasteiger partial charge < -0.3 is 5.11 Å². The van der Waals surface area contributed by atoms with E-state index in [1.807, 2.05) is 25.8 Å². The summed E-state index contributed by atoms with van der Waals surface area (Å²) < 4.78 is 0. The van der Waals surface area contributed by atoms with Crippen LogP contribution in [0.15, 0.2) is 0 Å². The predicted molar refractivity (Wildman–Crippen MR) is 47.1 cm³/mol. The van der Waals surface area contributed by atoms with E-state index in [1.54, 1.807) is 0 Å². The molecule has 12 heavy (non-hydrogen) atoms. The van der Waals surface area contributed by atoms with Gasteiger partial charge >= 0.3 is 5.97 Å². The molecular formula is C9H17NO2. The van der Waals surface area contributed by atoms with Gasteiger partial charge in [0, 0.05) is 0 Å². The minimum atomic E-state index is -0.692. The SMILES string of the molecule is CN1CCCC(C)(C)C1C(=O)O. The fourth-order valence-electron chi connectivity index (χ4n) is 2.17. The Balaban J connectivity index is 2.81. The Hall–Kier alpha value is -0.570. The van der Waals surface area contributed by atoms with Crippen LogP contribution in [0.2, 0.25) is 0 Å². The van der Waals surface area contributed by atoms with Crippen LogP contribution in [0.1, 0.15) is 26.7 Å². The van der Waals surface area contributed by atoms with E-state index >= 15 is 0 Å². The van der Waals surface area contributed by atoms with E-state index in [-0.39, 0.29) is 11.5 Å². The molecule has 1 N–H and O–H groups in total. The number of aliphatic carboxylic acids is 1. The van der Waals surface area contributed by atoms with Gasteiger partial charge in [-0.2, -0.15) is 0 Å². The Labute approximate surface area is 73.4 Å². The molecule has 1 atom stereocenters. The first-order valence-electron chi connectivity index (χ1n) is 4.38. The van der Waals surface area contributed by atoms with Crippen LogP contribution in [0.3, 0.4) is 0 Å². The van der Waals surface area contributed by atoms with Crippen LogP contribution in [-0.4, -0.2) is 35.6 Å². The van der Waals surface area contributed by atoms with Crippen molar-refractivity contribution < 1.29 is 9.90 Å². The molecule has 0 bridgehead atoms. The average molecular weight is 171 g/mol. The quantitative estimate of drug-likeness (QED) is 0.644. The molecule has 3 heteroatoms. The van der Waals surface area contributed by atoms with Crippen LogP contribution >= 0.6 is 0 Å². The number of piperidine rings is 1. The fourth-order valence-corrected chi connectivity index (χ4v) is 2.17. The maximum absolute atomic E-state index is 10.9. The highest BCUT2D eigenvalue weighted by Gasteiger charge is 2.40. The topological polar surface area (TPSA) is 40.5 Å². The number of hydrogen-bond acceptors (Lipinski definition) is 2. The van der Waals surface area contributed by atoms with Gasteiger partial charge in [0.1, 0.15) is 6.04 Å². The molecule has 0 saturated carbocycles. The highest BCUT2D eigenvalue weighted by atomic mass is 16.4.